The molecule has 0 aliphatic carbocycles. The lowest BCUT2D eigenvalue weighted by atomic mass is 9.81. The number of fused-ring (bicyclic) bond motifs is 2. The molecule has 2 fully saturated rings. The van der Waals surface area contributed by atoms with Crippen LogP contribution in [0, 0.1) is 11.6 Å². The van der Waals surface area contributed by atoms with Crippen molar-refractivity contribution in [3.63, 3.8) is 0 Å². The second kappa shape index (κ2) is 8.27. The van der Waals surface area contributed by atoms with Gasteiger partial charge in [-0.1, -0.05) is 30.3 Å². The number of piperidine rings is 2. The van der Waals surface area contributed by atoms with E-state index >= 15 is 0 Å². The van der Waals surface area contributed by atoms with Gasteiger partial charge >= 0.3 is 6.03 Å². The van der Waals surface area contributed by atoms with Crippen molar-refractivity contribution in [2.75, 3.05) is 5.32 Å². The summed E-state index contributed by atoms with van der Waals surface area (Å²) in [6.45, 7) is 1.02. The van der Waals surface area contributed by atoms with Gasteiger partial charge in [0, 0.05) is 30.5 Å². The zero-order chi connectivity index (χ0) is 19.5. The quantitative estimate of drug-likeness (QED) is 0.742. The van der Waals surface area contributed by atoms with Gasteiger partial charge in [-0.2, -0.15) is 0 Å². The van der Waals surface area contributed by atoms with Crippen molar-refractivity contribution >= 4 is 11.7 Å². The molecule has 2 aromatic rings. The van der Waals surface area contributed by atoms with Crippen molar-refractivity contribution < 1.29 is 18.5 Å². The Balaban J connectivity index is 1.36. The Morgan fingerprint density at radius 3 is 2.43 bits per heavy atom. The molecule has 2 aromatic carbocycles. The first-order valence-corrected chi connectivity index (χ1v) is 10.0. The average molecular weight is 386 g/mol. The fourth-order valence-corrected chi connectivity index (χ4v) is 4.81. The Morgan fingerprint density at radius 2 is 1.75 bits per heavy atom. The summed E-state index contributed by atoms with van der Waals surface area (Å²) in [5, 5.41) is 5.50. The summed E-state index contributed by atoms with van der Waals surface area (Å²) in [6.07, 6.45) is 5.44. The molecule has 0 spiro atoms. The Bertz CT molecular complexity index is 816. The molecule has 148 valence electrons. The van der Waals surface area contributed by atoms with E-state index in [9.17, 15) is 13.6 Å². The Hall–Kier alpha value is -2.47. The third kappa shape index (κ3) is 4.33. The average Bonchev–Trinajstić information content (AvgIpc) is 2.65. The van der Waals surface area contributed by atoms with Crippen LogP contribution >= 0.6 is 0 Å². The zero-order valence-electron chi connectivity index (χ0n) is 15.8. The Kier molecular flexibility index (Phi) is 5.57. The molecule has 2 unspecified atom stereocenters. The van der Waals surface area contributed by atoms with E-state index < -0.39 is 17.7 Å². The van der Waals surface area contributed by atoms with E-state index in [-0.39, 0.29) is 11.7 Å². The second-order valence-electron chi connectivity index (χ2n) is 7.95. The summed E-state index contributed by atoms with van der Waals surface area (Å²) in [5.41, 5.74) is 1.34. The lowest BCUT2D eigenvalue weighted by Gasteiger charge is -2.46. The number of carbonyl (C=O) groups is 1. The number of halogens is 2. The molecule has 0 radical (unpaired) electrons. The minimum atomic E-state index is -0.769. The molecule has 2 bridgehead atoms. The molecular formula is C22H26F2N3O+. The van der Waals surface area contributed by atoms with Crippen molar-refractivity contribution in [2.45, 2.75) is 56.8 Å². The van der Waals surface area contributed by atoms with Crippen LogP contribution in [0.25, 0.3) is 0 Å². The number of benzene rings is 2. The third-order valence-electron chi connectivity index (χ3n) is 6.06. The van der Waals surface area contributed by atoms with Gasteiger partial charge in [0.25, 0.3) is 0 Å². The maximum atomic E-state index is 13.7. The molecule has 2 aliphatic rings. The van der Waals surface area contributed by atoms with Crippen molar-refractivity contribution in [2.24, 2.45) is 0 Å². The van der Waals surface area contributed by atoms with Crippen LogP contribution < -0.4 is 15.5 Å². The van der Waals surface area contributed by atoms with Crippen molar-refractivity contribution in [1.29, 1.82) is 0 Å². The fraction of sp³-hybridized carbons (Fsp3) is 0.409. The molecular weight excluding hydrogens is 360 g/mol. The summed E-state index contributed by atoms with van der Waals surface area (Å²) in [5.74, 6) is -1.43. The van der Waals surface area contributed by atoms with Gasteiger partial charge in [0.2, 0.25) is 0 Å². The van der Waals surface area contributed by atoms with Crippen molar-refractivity contribution in [3.05, 3.63) is 65.7 Å². The smallest absolute Gasteiger partial charge is 0.319 e. The maximum absolute atomic E-state index is 13.7. The molecule has 2 amide bonds. The molecule has 4 atom stereocenters. The monoisotopic (exact) mass is 386 g/mol. The van der Waals surface area contributed by atoms with Crippen LogP contribution in [0.4, 0.5) is 19.3 Å². The topological polar surface area (TPSA) is 45.6 Å². The number of nitrogens with one attached hydrogen (secondary N) is 3. The highest BCUT2D eigenvalue weighted by molar-refractivity contribution is 5.89. The molecule has 0 aromatic heterocycles. The summed E-state index contributed by atoms with van der Waals surface area (Å²) in [7, 11) is 0. The first-order valence-electron chi connectivity index (χ1n) is 10.0. The van der Waals surface area contributed by atoms with E-state index in [1.165, 1.54) is 30.9 Å². The number of urea groups is 1. The Labute approximate surface area is 163 Å². The van der Waals surface area contributed by atoms with Crippen LogP contribution in [0.1, 0.15) is 37.7 Å². The van der Waals surface area contributed by atoms with E-state index in [1.807, 2.05) is 6.07 Å². The second-order valence-corrected chi connectivity index (χ2v) is 7.95. The molecule has 3 N–H and O–H groups in total. The van der Waals surface area contributed by atoms with E-state index in [1.54, 1.807) is 4.90 Å². The van der Waals surface area contributed by atoms with Crippen LogP contribution in [-0.2, 0) is 6.54 Å². The molecule has 28 heavy (non-hydrogen) atoms. The maximum Gasteiger partial charge on any atom is 0.319 e. The predicted octanol–water partition coefficient (Wildman–Crippen LogP) is 3.25. The molecule has 4 rings (SSSR count). The van der Waals surface area contributed by atoms with Crippen molar-refractivity contribution in [3.8, 4) is 0 Å². The van der Waals surface area contributed by atoms with Crippen LogP contribution in [0.15, 0.2) is 48.5 Å². The van der Waals surface area contributed by atoms with Gasteiger partial charge in [0.15, 0.2) is 0 Å². The first kappa shape index (κ1) is 18.9. The zero-order valence-corrected chi connectivity index (χ0v) is 15.8. The number of hydrogen-bond acceptors (Lipinski definition) is 1. The summed E-state index contributed by atoms with van der Waals surface area (Å²) < 4.78 is 26.8. The molecule has 2 heterocycles. The number of carbonyl (C=O) groups excluding carboxylic acids is 1. The predicted molar refractivity (Wildman–Crippen MR) is 104 cm³/mol. The molecule has 2 aliphatic heterocycles. The summed E-state index contributed by atoms with van der Waals surface area (Å²) in [6, 6.07) is 14.4. The molecule has 0 saturated carbocycles. The lowest BCUT2D eigenvalue weighted by Crippen LogP contribution is -3.20. The highest BCUT2D eigenvalue weighted by Gasteiger charge is 2.42. The standard InChI is InChI=1S/C22H25F2N3O/c23-16-9-10-21(20(24)11-16)26-22(28)25-17-12-18-7-4-8-19(13-17)27(18)14-15-5-2-1-3-6-15/h1-3,5-6,9-11,17-19H,4,7-8,12-14H2,(H2,25,26,28)/p+1/t17?,18-,19+. The van der Waals surface area contributed by atoms with E-state index in [2.05, 4.69) is 34.9 Å². The van der Waals surface area contributed by atoms with Gasteiger partial charge in [0.1, 0.15) is 18.2 Å². The number of anilines is 1. The van der Waals surface area contributed by atoms with E-state index in [0.29, 0.717) is 12.1 Å². The third-order valence-corrected chi connectivity index (χ3v) is 6.06. The fourth-order valence-electron chi connectivity index (χ4n) is 4.81. The summed E-state index contributed by atoms with van der Waals surface area (Å²) in [4.78, 5) is 13.9. The molecule has 4 nitrogen and oxygen atoms in total. The van der Waals surface area contributed by atoms with Crippen LogP contribution in [0.2, 0.25) is 0 Å². The van der Waals surface area contributed by atoms with Crippen LogP contribution in [-0.4, -0.2) is 24.2 Å². The summed E-state index contributed by atoms with van der Waals surface area (Å²) >= 11 is 0. The van der Waals surface area contributed by atoms with E-state index in [0.717, 1.165) is 31.5 Å². The largest absolute Gasteiger partial charge is 0.335 e. The van der Waals surface area contributed by atoms with Gasteiger partial charge in [-0.3, -0.25) is 0 Å². The highest BCUT2D eigenvalue weighted by atomic mass is 19.1. The Morgan fingerprint density at radius 1 is 1.04 bits per heavy atom. The minimum absolute atomic E-state index is 0.00812. The first-order chi connectivity index (χ1) is 13.6. The number of amides is 2. The van der Waals surface area contributed by atoms with Gasteiger partial charge in [0.05, 0.1) is 17.8 Å². The molecule has 6 heteroatoms. The van der Waals surface area contributed by atoms with Gasteiger partial charge in [-0.25, -0.2) is 13.6 Å². The van der Waals surface area contributed by atoms with Gasteiger partial charge < -0.3 is 15.5 Å². The number of hydrogen-bond donors (Lipinski definition) is 3. The number of quaternary nitrogens is 1. The van der Waals surface area contributed by atoms with E-state index in [4.69, 9.17) is 0 Å². The van der Waals surface area contributed by atoms with Gasteiger partial charge in [-0.05, 0) is 31.4 Å². The minimum Gasteiger partial charge on any atom is -0.335 e. The highest BCUT2D eigenvalue weighted by Crippen LogP contribution is 2.23. The van der Waals surface area contributed by atoms with Gasteiger partial charge in [-0.15, -0.1) is 0 Å². The van der Waals surface area contributed by atoms with Crippen LogP contribution in [0.3, 0.4) is 0 Å². The lowest BCUT2D eigenvalue weighted by molar-refractivity contribution is -0.973. The number of rotatable bonds is 4. The van der Waals surface area contributed by atoms with Crippen molar-refractivity contribution in [1.82, 2.24) is 5.32 Å². The van der Waals surface area contributed by atoms with Crippen LogP contribution in [0.5, 0.6) is 0 Å². The molecule has 2 saturated heterocycles. The normalized spacial score (nSPS) is 26.5. The SMILES string of the molecule is O=C(Nc1ccc(F)cc1F)NC1C[C@H]2CCC[C@@H](C1)[NH+]2Cc1ccccc1.